The van der Waals surface area contributed by atoms with E-state index in [2.05, 4.69) is 38.1 Å². The first-order valence-corrected chi connectivity index (χ1v) is 8.75. The van der Waals surface area contributed by atoms with Crippen LogP contribution in [0.25, 0.3) is 11.1 Å². The number of likely N-dealkylation sites (N-methyl/N-ethyl adjacent to an activating group) is 1. The van der Waals surface area contributed by atoms with Crippen molar-refractivity contribution >= 4 is 28.5 Å². The maximum atomic E-state index is 12.4. The molecule has 2 aromatic carbocycles. The quantitative estimate of drug-likeness (QED) is 0.617. The molecular weight excluding hydrogens is 413 g/mol. The summed E-state index contributed by atoms with van der Waals surface area (Å²) in [5, 5.41) is 9.78. The minimum atomic E-state index is -0.313. The second-order valence-electron chi connectivity index (χ2n) is 5.63. The van der Waals surface area contributed by atoms with Gasteiger partial charge in [0, 0.05) is 21.9 Å². The highest BCUT2D eigenvalue weighted by Gasteiger charge is 2.21. The largest absolute Gasteiger partial charge is 0.358 e. The van der Waals surface area contributed by atoms with Crippen molar-refractivity contribution in [3.63, 3.8) is 0 Å². The Kier molecular flexibility index (Phi) is 4.99. The van der Waals surface area contributed by atoms with Crippen LogP contribution in [0.5, 0.6) is 0 Å². The molecule has 2 N–H and O–H groups in total. The van der Waals surface area contributed by atoms with Gasteiger partial charge < -0.3 is 5.32 Å². The normalized spacial score (nSPS) is 12.0. The topological polar surface area (TPSA) is 57.8 Å². The van der Waals surface area contributed by atoms with Crippen LogP contribution >= 0.6 is 22.6 Å². The Bertz CT molecular complexity index is 838. The van der Waals surface area contributed by atoms with Crippen LogP contribution in [-0.2, 0) is 4.79 Å². The molecule has 0 bridgehead atoms. The van der Waals surface area contributed by atoms with Crippen LogP contribution in [-0.4, -0.2) is 23.2 Å². The summed E-state index contributed by atoms with van der Waals surface area (Å²) >= 11 is 2.27. The van der Waals surface area contributed by atoms with Crippen LogP contribution in [0.15, 0.2) is 54.7 Å². The summed E-state index contributed by atoms with van der Waals surface area (Å²) < 4.78 is 1.15. The molecule has 1 atom stereocenters. The third-order valence-electron chi connectivity index (χ3n) is 4.10. The van der Waals surface area contributed by atoms with Crippen molar-refractivity contribution in [1.29, 1.82) is 0 Å². The molecule has 5 heteroatoms. The molecule has 0 fully saturated rings. The van der Waals surface area contributed by atoms with E-state index in [1.807, 2.05) is 61.7 Å². The fourth-order valence-corrected chi connectivity index (χ4v) is 3.15. The molecule has 0 aliphatic heterocycles. The Morgan fingerprint density at radius 3 is 2.17 bits per heavy atom. The van der Waals surface area contributed by atoms with Gasteiger partial charge in [0.25, 0.3) is 0 Å². The van der Waals surface area contributed by atoms with Gasteiger partial charge in [0.05, 0.1) is 12.1 Å². The summed E-state index contributed by atoms with van der Waals surface area (Å²) in [4.78, 5) is 12.4. The van der Waals surface area contributed by atoms with Crippen molar-refractivity contribution in [1.82, 2.24) is 15.5 Å². The molecule has 0 saturated heterocycles. The molecule has 1 aromatic heterocycles. The van der Waals surface area contributed by atoms with Gasteiger partial charge in [-0.05, 0) is 58.3 Å². The lowest BCUT2D eigenvalue weighted by Gasteiger charge is -2.17. The number of aryl methyl sites for hydroxylation is 1. The summed E-state index contributed by atoms with van der Waals surface area (Å²) in [6.07, 6.45) is 1.82. The lowest BCUT2D eigenvalue weighted by atomic mass is 9.89. The van der Waals surface area contributed by atoms with Crippen LogP contribution in [0.1, 0.15) is 22.7 Å². The number of nitrogens with zero attached hydrogens (tertiary/aromatic N) is 1. The first-order chi connectivity index (χ1) is 11.6. The second-order valence-corrected chi connectivity index (χ2v) is 6.88. The zero-order chi connectivity index (χ0) is 17.1. The molecule has 0 aliphatic carbocycles. The predicted octanol–water partition coefficient (Wildman–Crippen LogP) is 3.87. The van der Waals surface area contributed by atoms with E-state index >= 15 is 0 Å². The monoisotopic (exact) mass is 431 g/mol. The molecule has 1 amide bonds. The van der Waals surface area contributed by atoms with Gasteiger partial charge in [-0.15, -0.1) is 0 Å². The number of aromatic amines is 1. The number of H-pyrrole nitrogens is 1. The number of hydrogen-bond donors (Lipinski definition) is 2. The highest BCUT2D eigenvalue weighted by Crippen LogP contribution is 2.28. The number of halogens is 1. The van der Waals surface area contributed by atoms with Gasteiger partial charge in [0.1, 0.15) is 0 Å². The third-order valence-corrected chi connectivity index (χ3v) is 4.82. The summed E-state index contributed by atoms with van der Waals surface area (Å²) in [5.41, 5.74) is 5.15. The van der Waals surface area contributed by atoms with Crippen molar-refractivity contribution in [2.24, 2.45) is 0 Å². The predicted molar refractivity (Wildman–Crippen MR) is 104 cm³/mol. The fraction of sp³-hybridized carbons (Fsp3) is 0.158. The second kappa shape index (κ2) is 7.17. The van der Waals surface area contributed by atoms with E-state index in [0.717, 1.165) is 31.5 Å². The molecule has 24 heavy (non-hydrogen) atoms. The van der Waals surface area contributed by atoms with Crippen molar-refractivity contribution in [3.8, 4) is 11.1 Å². The minimum absolute atomic E-state index is 0.0107. The van der Waals surface area contributed by atoms with E-state index in [4.69, 9.17) is 0 Å². The van der Waals surface area contributed by atoms with Gasteiger partial charge in [0.2, 0.25) is 5.91 Å². The van der Waals surface area contributed by atoms with Crippen LogP contribution in [0.3, 0.4) is 0 Å². The van der Waals surface area contributed by atoms with Gasteiger partial charge in [-0.1, -0.05) is 36.4 Å². The molecule has 4 nitrogen and oxygen atoms in total. The minimum Gasteiger partial charge on any atom is -0.358 e. The van der Waals surface area contributed by atoms with Gasteiger partial charge in [-0.3, -0.25) is 9.89 Å². The number of amides is 1. The van der Waals surface area contributed by atoms with Crippen molar-refractivity contribution in [2.75, 3.05) is 7.05 Å². The summed E-state index contributed by atoms with van der Waals surface area (Å²) in [5.74, 6) is -0.324. The summed E-state index contributed by atoms with van der Waals surface area (Å²) in [6.45, 7) is 2.00. The molecule has 0 spiro atoms. The van der Waals surface area contributed by atoms with Crippen LogP contribution in [0, 0.1) is 10.5 Å². The molecule has 1 heterocycles. The smallest absolute Gasteiger partial charge is 0.231 e. The van der Waals surface area contributed by atoms with Crippen LogP contribution in [0.4, 0.5) is 0 Å². The number of hydrogen-bond acceptors (Lipinski definition) is 2. The van der Waals surface area contributed by atoms with E-state index in [0.29, 0.717) is 0 Å². The average Bonchev–Trinajstić information content (AvgIpc) is 3.03. The standard InChI is InChI=1S/C19H18IN3O/c1-12-17(11-22-23-12)13-3-5-14(6-4-13)18(19(24)21-2)15-7-9-16(20)10-8-15/h3-11,18H,1-2H3,(H,21,24)(H,22,23). The highest BCUT2D eigenvalue weighted by molar-refractivity contribution is 14.1. The molecular formula is C19H18IN3O. The maximum Gasteiger partial charge on any atom is 0.231 e. The molecule has 0 aliphatic rings. The van der Waals surface area contributed by atoms with E-state index in [1.54, 1.807) is 7.05 Å². The Balaban J connectivity index is 1.98. The summed E-state index contributed by atoms with van der Waals surface area (Å²) in [7, 11) is 1.67. The molecule has 0 radical (unpaired) electrons. The Morgan fingerprint density at radius 2 is 1.67 bits per heavy atom. The molecule has 3 rings (SSSR count). The number of rotatable bonds is 4. The Labute approximate surface area is 154 Å². The van der Waals surface area contributed by atoms with Crippen LogP contribution < -0.4 is 5.32 Å². The van der Waals surface area contributed by atoms with E-state index in [9.17, 15) is 4.79 Å². The molecule has 1 unspecified atom stereocenters. The first-order valence-electron chi connectivity index (χ1n) is 7.67. The molecule has 0 saturated carbocycles. The van der Waals surface area contributed by atoms with Gasteiger partial charge in [0.15, 0.2) is 0 Å². The lowest BCUT2D eigenvalue weighted by Crippen LogP contribution is -2.26. The zero-order valence-electron chi connectivity index (χ0n) is 13.5. The van der Waals surface area contributed by atoms with Crippen molar-refractivity contribution in [3.05, 3.63) is 75.1 Å². The fourth-order valence-electron chi connectivity index (χ4n) is 2.79. The molecule has 122 valence electrons. The maximum absolute atomic E-state index is 12.4. The van der Waals surface area contributed by atoms with Gasteiger partial charge >= 0.3 is 0 Å². The number of carbonyl (C=O) groups is 1. The number of aromatic nitrogens is 2. The zero-order valence-corrected chi connectivity index (χ0v) is 15.7. The summed E-state index contributed by atoms with van der Waals surface area (Å²) in [6, 6.07) is 16.2. The average molecular weight is 431 g/mol. The molecule has 3 aromatic rings. The van der Waals surface area contributed by atoms with Crippen LogP contribution in [0.2, 0.25) is 0 Å². The number of nitrogens with one attached hydrogen (secondary N) is 2. The SMILES string of the molecule is CNC(=O)C(c1ccc(I)cc1)c1ccc(-c2cn[nH]c2C)cc1. The van der Waals surface area contributed by atoms with Gasteiger partial charge in [-0.2, -0.15) is 5.10 Å². The Morgan fingerprint density at radius 1 is 1.08 bits per heavy atom. The number of carbonyl (C=O) groups excluding carboxylic acids is 1. The van der Waals surface area contributed by atoms with E-state index in [-0.39, 0.29) is 11.8 Å². The third kappa shape index (κ3) is 3.36. The van der Waals surface area contributed by atoms with Crippen molar-refractivity contribution in [2.45, 2.75) is 12.8 Å². The lowest BCUT2D eigenvalue weighted by molar-refractivity contribution is -0.121. The van der Waals surface area contributed by atoms with E-state index < -0.39 is 0 Å². The first kappa shape index (κ1) is 16.7. The van der Waals surface area contributed by atoms with Gasteiger partial charge in [-0.25, -0.2) is 0 Å². The van der Waals surface area contributed by atoms with Crippen molar-refractivity contribution < 1.29 is 4.79 Å². The number of benzene rings is 2. The highest BCUT2D eigenvalue weighted by atomic mass is 127. The van der Waals surface area contributed by atoms with E-state index in [1.165, 1.54) is 0 Å². The Hall–Kier alpha value is -2.15.